The lowest BCUT2D eigenvalue weighted by molar-refractivity contribution is -0.432. The molecule has 18 heavy (non-hydrogen) atoms. The van der Waals surface area contributed by atoms with E-state index in [9.17, 15) is 10.1 Å². The Balaban J connectivity index is 2.19. The lowest BCUT2D eigenvalue weighted by Gasteiger charge is -2.03. The molecule has 98 valence electrons. The summed E-state index contributed by atoms with van der Waals surface area (Å²) in [5.41, 5.74) is 1.05. The van der Waals surface area contributed by atoms with Crippen molar-refractivity contribution in [1.82, 2.24) is 15.6 Å². The van der Waals surface area contributed by atoms with Crippen LogP contribution in [0.5, 0.6) is 0 Å². The zero-order valence-corrected chi connectivity index (χ0v) is 10.4. The molecular formula is C12H18N4O2. The van der Waals surface area contributed by atoms with Gasteiger partial charge in [0.2, 0.25) is 0 Å². The molecule has 1 aromatic rings. The van der Waals surface area contributed by atoms with Gasteiger partial charge in [-0.3, -0.25) is 10.3 Å². The van der Waals surface area contributed by atoms with Crippen LogP contribution in [0.15, 0.2) is 36.4 Å². The molecule has 0 radical (unpaired) electrons. The maximum absolute atomic E-state index is 10.6. The van der Waals surface area contributed by atoms with E-state index in [0.29, 0.717) is 6.54 Å². The van der Waals surface area contributed by atoms with Crippen LogP contribution >= 0.6 is 0 Å². The highest BCUT2D eigenvalue weighted by molar-refractivity contribution is 5.03. The molecule has 0 aliphatic rings. The molecule has 0 saturated carbocycles. The predicted molar refractivity (Wildman–Crippen MR) is 69.3 cm³/mol. The quantitative estimate of drug-likeness (QED) is 0.413. The molecule has 0 aliphatic heterocycles. The highest BCUT2D eigenvalue weighted by atomic mass is 16.6. The number of rotatable bonds is 8. The van der Waals surface area contributed by atoms with Crippen LogP contribution in [0.3, 0.4) is 0 Å². The van der Waals surface area contributed by atoms with Crippen molar-refractivity contribution in [3.05, 3.63) is 52.2 Å². The standard InChI is InChI=1S/C12H18N4O2/c1-13-10-12(16(17)18)15-9-5-3-7-11-6-2-4-8-14-11/h2,4,6,8,10,13,15H,3,5,7,9H2,1H3. The molecule has 0 aromatic carbocycles. The molecule has 1 rings (SSSR count). The summed E-state index contributed by atoms with van der Waals surface area (Å²) in [6.07, 6.45) is 5.83. The highest BCUT2D eigenvalue weighted by Crippen LogP contribution is 2.01. The normalized spacial score (nSPS) is 11.1. The van der Waals surface area contributed by atoms with Crippen LogP contribution in [0.1, 0.15) is 18.5 Å². The summed E-state index contributed by atoms with van der Waals surface area (Å²) in [7, 11) is 1.63. The minimum absolute atomic E-state index is 0.00432. The van der Waals surface area contributed by atoms with E-state index in [1.165, 1.54) is 6.20 Å². The van der Waals surface area contributed by atoms with Gasteiger partial charge in [0.05, 0.1) is 12.7 Å². The van der Waals surface area contributed by atoms with Crippen molar-refractivity contribution in [2.24, 2.45) is 0 Å². The lowest BCUT2D eigenvalue weighted by Crippen LogP contribution is -2.22. The number of aromatic nitrogens is 1. The molecular weight excluding hydrogens is 232 g/mol. The molecule has 0 saturated heterocycles. The Kier molecular flexibility index (Phi) is 6.24. The maximum Gasteiger partial charge on any atom is 0.331 e. The third kappa shape index (κ3) is 5.29. The molecule has 2 N–H and O–H groups in total. The van der Waals surface area contributed by atoms with Gasteiger partial charge in [-0.2, -0.15) is 0 Å². The number of nitrogens with one attached hydrogen (secondary N) is 2. The largest absolute Gasteiger partial charge is 0.387 e. The Hall–Kier alpha value is -2.11. The van der Waals surface area contributed by atoms with Gasteiger partial charge >= 0.3 is 5.82 Å². The summed E-state index contributed by atoms with van der Waals surface area (Å²) in [5.74, 6) is -0.00432. The van der Waals surface area contributed by atoms with Crippen LogP contribution in [-0.4, -0.2) is 23.5 Å². The van der Waals surface area contributed by atoms with Crippen LogP contribution in [0.2, 0.25) is 0 Å². The van der Waals surface area contributed by atoms with Gasteiger partial charge in [0.25, 0.3) is 0 Å². The minimum Gasteiger partial charge on any atom is -0.387 e. The fourth-order valence-electron chi connectivity index (χ4n) is 1.50. The van der Waals surface area contributed by atoms with Crippen molar-refractivity contribution < 1.29 is 4.92 Å². The fourth-order valence-corrected chi connectivity index (χ4v) is 1.50. The first-order valence-corrected chi connectivity index (χ1v) is 5.89. The second kappa shape index (κ2) is 8.05. The zero-order valence-electron chi connectivity index (χ0n) is 10.4. The van der Waals surface area contributed by atoms with E-state index < -0.39 is 4.92 Å². The molecule has 1 aromatic heterocycles. The van der Waals surface area contributed by atoms with E-state index in [1.807, 2.05) is 18.2 Å². The summed E-state index contributed by atoms with van der Waals surface area (Å²) in [6, 6.07) is 5.83. The van der Waals surface area contributed by atoms with Crippen molar-refractivity contribution in [2.75, 3.05) is 13.6 Å². The highest BCUT2D eigenvalue weighted by Gasteiger charge is 2.06. The first-order valence-electron chi connectivity index (χ1n) is 5.89. The Bertz CT molecular complexity index is 392. The number of nitrogens with zero attached hydrogens (tertiary/aromatic N) is 2. The van der Waals surface area contributed by atoms with Crippen molar-refractivity contribution in [3.63, 3.8) is 0 Å². The first kappa shape index (κ1) is 14.0. The molecule has 0 spiro atoms. The number of hydrogen-bond acceptors (Lipinski definition) is 5. The molecule has 0 aliphatic carbocycles. The van der Waals surface area contributed by atoms with Crippen molar-refractivity contribution in [1.29, 1.82) is 0 Å². The monoisotopic (exact) mass is 250 g/mol. The predicted octanol–water partition coefficient (Wildman–Crippen LogP) is 1.29. The number of unbranched alkanes of at least 4 members (excludes halogenated alkanes) is 1. The van der Waals surface area contributed by atoms with Gasteiger partial charge in [-0.05, 0) is 36.3 Å². The van der Waals surface area contributed by atoms with E-state index in [2.05, 4.69) is 15.6 Å². The topological polar surface area (TPSA) is 80.1 Å². The molecule has 0 amide bonds. The number of hydrogen-bond donors (Lipinski definition) is 2. The van der Waals surface area contributed by atoms with Gasteiger partial charge in [0, 0.05) is 18.9 Å². The Labute approximate surface area is 106 Å². The third-order valence-corrected chi connectivity index (χ3v) is 2.37. The van der Waals surface area contributed by atoms with E-state index >= 15 is 0 Å². The Morgan fingerprint density at radius 2 is 2.33 bits per heavy atom. The van der Waals surface area contributed by atoms with Crippen LogP contribution < -0.4 is 10.6 Å². The summed E-state index contributed by atoms with van der Waals surface area (Å²) in [6.45, 7) is 0.585. The molecule has 6 nitrogen and oxygen atoms in total. The number of pyridine rings is 1. The van der Waals surface area contributed by atoms with Gasteiger partial charge in [0.15, 0.2) is 0 Å². The molecule has 0 atom stereocenters. The van der Waals surface area contributed by atoms with E-state index in [1.54, 1.807) is 13.2 Å². The fraction of sp³-hybridized carbons (Fsp3) is 0.417. The average molecular weight is 250 g/mol. The van der Waals surface area contributed by atoms with Crippen LogP contribution in [0.25, 0.3) is 0 Å². The molecule has 6 heteroatoms. The zero-order chi connectivity index (χ0) is 13.2. The summed E-state index contributed by atoms with van der Waals surface area (Å²) < 4.78 is 0. The minimum atomic E-state index is -0.435. The number of aryl methyl sites for hydroxylation is 1. The molecule has 1 heterocycles. The summed E-state index contributed by atoms with van der Waals surface area (Å²) >= 11 is 0. The van der Waals surface area contributed by atoms with Gasteiger partial charge < -0.3 is 15.4 Å². The van der Waals surface area contributed by atoms with Crippen molar-refractivity contribution >= 4 is 0 Å². The first-order chi connectivity index (χ1) is 8.74. The van der Waals surface area contributed by atoms with Gasteiger partial charge in [0.1, 0.15) is 0 Å². The summed E-state index contributed by atoms with van der Waals surface area (Å²) in [4.78, 5) is 14.4. The van der Waals surface area contributed by atoms with Gasteiger partial charge in [-0.1, -0.05) is 6.07 Å². The van der Waals surface area contributed by atoms with Gasteiger partial charge in [-0.15, -0.1) is 0 Å². The van der Waals surface area contributed by atoms with E-state index in [0.717, 1.165) is 25.0 Å². The Morgan fingerprint density at radius 1 is 1.50 bits per heavy atom. The maximum atomic E-state index is 10.6. The summed E-state index contributed by atoms with van der Waals surface area (Å²) in [5, 5.41) is 16.0. The second-order valence-electron chi connectivity index (χ2n) is 3.78. The van der Waals surface area contributed by atoms with E-state index in [-0.39, 0.29) is 5.82 Å². The molecule has 0 unspecified atom stereocenters. The SMILES string of the molecule is CNC=C(NCCCCc1ccccn1)[N+](=O)[O-]. The van der Waals surface area contributed by atoms with Gasteiger partial charge in [-0.25, -0.2) is 0 Å². The Morgan fingerprint density at radius 3 is 2.94 bits per heavy atom. The lowest BCUT2D eigenvalue weighted by atomic mass is 10.2. The van der Waals surface area contributed by atoms with Crippen molar-refractivity contribution in [3.8, 4) is 0 Å². The number of nitro groups is 1. The van der Waals surface area contributed by atoms with Crippen LogP contribution in [0.4, 0.5) is 0 Å². The molecule has 0 bridgehead atoms. The average Bonchev–Trinajstić information content (AvgIpc) is 2.38. The van der Waals surface area contributed by atoms with Crippen LogP contribution in [-0.2, 0) is 6.42 Å². The van der Waals surface area contributed by atoms with E-state index in [4.69, 9.17) is 0 Å². The smallest absolute Gasteiger partial charge is 0.331 e. The van der Waals surface area contributed by atoms with Crippen LogP contribution in [0, 0.1) is 10.1 Å². The third-order valence-electron chi connectivity index (χ3n) is 2.37. The molecule has 0 fully saturated rings. The van der Waals surface area contributed by atoms with Crippen molar-refractivity contribution in [2.45, 2.75) is 19.3 Å². The second-order valence-corrected chi connectivity index (χ2v) is 3.78.